The molecule has 1 aliphatic heterocycles. The molecular formula is C9H8F3N3O2. The molecule has 8 heteroatoms. The molecule has 1 aromatic heterocycles. The van der Waals surface area contributed by atoms with E-state index in [9.17, 15) is 18.0 Å². The SMILES string of the molecule is O=CN1CC(Oc2ccc(C(F)(F)F)nn2)C1. The van der Waals surface area contributed by atoms with Crippen molar-refractivity contribution in [3.8, 4) is 5.88 Å². The summed E-state index contributed by atoms with van der Waals surface area (Å²) in [5, 5.41) is 6.34. The second kappa shape index (κ2) is 4.19. The van der Waals surface area contributed by atoms with E-state index < -0.39 is 11.9 Å². The summed E-state index contributed by atoms with van der Waals surface area (Å²) in [5.74, 6) is 0.0218. The van der Waals surface area contributed by atoms with E-state index in [0.29, 0.717) is 19.5 Å². The zero-order valence-corrected chi connectivity index (χ0v) is 8.52. The molecule has 2 rings (SSSR count). The van der Waals surface area contributed by atoms with E-state index in [1.165, 1.54) is 4.90 Å². The fourth-order valence-corrected chi connectivity index (χ4v) is 1.34. The Morgan fingerprint density at radius 2 is 2.06 bits per heavy atom. The third-order valence-corrected chi connectivity index (χ3v) is 2.24. The maximum absolute atomic E-state index is 12.2. The molecule has 0 bridgehead atoms. The first kappa shape index (κ1) is 11.6. The molecule has 0 spiro atoms. The Balaban J connectivity index is 1.93. The van der Waals surface area contributed by atoms with Crippen LogP contribution in [0.5, 0.6) is 5.88 Å². The van der Waals surface area contributed by atoms with E-state index in [2.05, 4.69) is 10.2 Å². The summed E-state index contributed by atoms with van der Waals surface area (Å²) < 4.78 is 41.7. The molecule has 0 aliphatic carbocycles. The minimum Gasteiger partial charge on any atom is -0.469 e. The lowest BCUT2D eigenvalue weighted by Crippen LogP contribution is -2.52. The van der Waals surface area contributed by atoms with Crippen LogP contribution < -0.4 is 4.74 Å². The predicted molar refractivity (Wildman–Crippen MR) is 49.1 cm³/mol. The van der Waals surface area contributed by atoms with Crippen LogP contribution in [0.1, 0.15) is 5.69 Å². The zero-order valence-electron chi connectivity index (χ0n) is 8.52. The zero-order chi connectivity index (χ0) is 12.5. The third-order valence-electron chi connectivity index (χ3n) is 2.24. The number of hydrogen-bond donors (Lipinski definition) is 0. The fraction of sp³-hybridized carbons (Fsp3) is 0.444. The topological polar surface area (TPSA) is 55.3 Å². The summed E-state index contributed by atoms with van der Waals surface area (Å²) in [6.07, 6.45) is -4.06. The van der Waals surface area contributed by atoms with E-state index >= 15 is 0 Å². The van der Waals surface area contributed by atoms with Crippen LogP contribution in [0.25, 0.3) is 0 Å². The maximum atomic E-state index is 12.2. The number of rotatable bonds is 3. The first-order valence-electron chi connectivity index (χ1n) is 4.76. The number of halogens is 3. The molecule has 1 saturated heterocycles. The van der Waals surface area contributed by atoms with Gasteiger partial charge in [-0.2, -0.15) is 13.2 Å². The van der Waals surface area contributed by atoms with Gasteiger partial charge in [0.25, 0.3) is 0 Å². The second-order valence-corrected chi connectivity index (χ2v) is 3.55. The van der Waals surface area contributed by atoms with Gasteiger partial charge in [0.2, 0.25) is 12.3 Å². The first-order valence-corrected chi connectivity index (χ1v) is 4.76. The molecule has 92 valence electrons. The largest absolute Gasteiger partial charge is 0.469 e. The van der Waals surface area contributed by atoms with Crippen molar-refractivity contribution in [1.82, 2.24) is 15.1 Å². The number of carbonyl (C=O) groups is 1. The van der Waals surface area contributed by atoms with Crippen molar-refractivity contribution in [3.05, 3.63) is 17.8 Å². The lowest BCUT2D eigenvalue weighted by atomic mass is 10.2. The van der Waals surface area contributed by atoms with Crippen LogP contribution in [0.3, 0.4) is 0 Å². The third kappa shape index (κ3) is 2.63. The Morgan fingerprint density at radius 3 is 2.53 bits per heavy atom. The normalized spacial score (nSPS) is 16.5. The number of ether oxygens (including phenoxy) is 1. The molecular weight excluding hydrogens is 239 g/mol. The highest BCUT2D eigenvalue weighted by atomic mass is 19.4. The molecule has 0 aromatic carbocycles. The molecule has 0 radical (unpaired) electrons. The molecule has 1 fully saturated rings. The van der Waals surface area contributed by atoms with E-state index in [1.54, 1.807) is 0 Å². The van der Waals surface area contributed by atoms with Crippen LogP contribution in [0.4, 0.5) is 13.2 Å². The van der Waals surface area contributed by atoms with Crippen molar-refractivity contribution in [1.29, 1.82) is 0 Å². The Kier molecular flexibility index (Phi) is 2.86. The van der Waals surface area contributed by atoms with Crippen LogP contribution in [0, 0.1) is 0 Å². The number of carbonyl (C=O) groups excluding carboxylic acids is 1. The summed E-state index contributed by atoms with van der Waals surface area (Å²) in [6, 6.07) is 1.91. The van der Waals surface area contributed by atoms with E-state index in [1.807, 2.05) is 0 Å². The van der Waals surface area contributed by atoms with Gasteiger partial charge in [0.05, 0.1) is 13.1 Å². The van der Waals surface area contributed by atoms with Gasteiger partial charge in [-0.1, -0.05) is 0 Å². The summed E-state index contributed by atoms with van der Waals surface area (Å²) in [6.45, 7) is 0.818. The van der Waals surface area contributed by atoms with Gasteiger partial charge in [0.1, 0.15) is 6.10 Å². The van der Waals surface area contributed by atoms with Crippen LogP contribution >= 0.6 is 0 Å². The molecule has 0 atom stereocenters. The summed E-state index contributed by atoms with van der Waals surface area (Å²) in [4.78, 5) is 11.7. The standard InChI is InChI=1S/C9H8F3N3O2/c10-9(11,12)7-1-2-8(14-13-7)17-6-3-15(4-6)5-16/h1-2,5-6H,3-4H2. The number of alkyl halides is 3. The van der Waals surface area contributed by atoms with Gasteiger partial charge in [-0.25, -0.2) is 0 Å². The average molecular weight is 247 g/mol. The van der Waals surface area contributed by atoms with Gasteiger partial charge >= 0.3 is 6.18 Å². The van der Waals surface area contributed by atoms with Gasteiger partial charge in [-0.05, 0) is 6.07 Å². The van der Waals surface area contributed by atoms with E-state index in [4.69, 9.17) is 4.74 Å². The highest BCUT2D eigenvalue weighted by Crippen LogP contribution is 2.27. The predicted octanol–water partition coefficient (Wildman–Crippen LogP) is 0.715. The van der Waals surface area contributed by atoms with Gasteiger partial charge < -0.3 is 9.64 Å². The molecule has 0 N–H and O–H groups in total. The summed E-state index contributed by atoms with van der Waals surface area (Å²) >= 11 is 0. The molecule has 5 nitrogen and oxygen atoms in total. The molecule has 17 heavy (non-hydrogen) atoms. The van der Waals surface area contributed by atoms with Crippen molar-refractivity contribution >= 4 is 6.41 Å². The van der Waals surface area contributed by atoms with Crippen LogP contribution in [0.2, 0.25) is 0 Å². The number of likely N-dealkylation sites (tertiary alicyclic amines) is 1. The fourth-order valence-electron chi connectivity index (χ4n) is 1.34. The Bertz CT molecular complexity index is 401. The monoisotopic (exact) mass is 247 g/mol. The lowest BCUT2D eigenvalue weighted by molar-refractivity contribution is -0.142. The smallest absolute Gasteiger partial charge is 0.435 e. The van der Waals surface area contributed by atoms with Gasteiger partial charge in [-0.15, -0.1) is 10.2 Å². The second-order valence-electron chi connectivity index (χ2n) is 3.55. The number of amides is 1. The van der Waals surface area contributed by atoms with Crippen molar-refractivity contribution in [2.75, 3.05) is 13.1 Å². The Labute approximate surface area is 94.2 Å². The minimum atomic E-state index is -4.50. The molecule has 1 aliphatic rings. The Hall–Kier alpha value is -1.86. The average Bonchev–Trinajstić information content (AvgIpc) is 2.22. The molecule has 0 saturated carbocycles. The number of nitrogens with zero attached hydrogens (tertiary/aromatic N) is 3. The van der Waals surface area contributed by atoms with Crippen molar-refractivity contribution in [2.45, 2.75) is 12.3 Å². The highest BCUT2D eigenvalue weighted by Gasteiger charge is 2.33. The van der Waals surface area contributed by atoms with Crippen LogP contribution in [-0.4, -0.2) is 40.7 Å². The quantitative estimate of drug-likeness (QED) is 0.738. The minimum absolute atomic E-state index is 0.0218. The van der Waals surface area contributed by atoms with E-state index in [0.717, 1.165) is 12.1 Å². The van der Waals surface area contributed by atoms with E-state index in [-0.39, 0.29) is 12.0 Å². The molecule has 2 heterocycles. The molecule has 1 amide bonds. The van der Waals surface area contributed by atoms with Crippen LogP contribution in [0.15, 0.2) is 12.1 Å². The number of hydrogen-bond acceptors (Lipinski definition) is 4. The molecule has 0 unspecified atom stereocenters. The van der Waals surface area contributed by atoms with Gasteiger partial charge in [-0.3, -0.25) is 4.79 Å². The van der Waals surface area contributed by atoms with Crippen LogP contribution in [-0.2, 0) is 11.0 Å². The number of aromatic nitrogens is 2. The summed E-state index contributed by atoms with van der Waals surface area (Å²) in [5.41, 5.74) is -1.06. The summed E-state index contributed by atoms with van der Waals surface area (Å²) in [7, 11) is 0. The maximum Gasteiger partial charge on any atom is 0.435 e. The van der Waals surface area contributed by atoms with Crippen molar-refractivity contribution < 1.29 is 22.7 Å². The Morgan fingerprint density at radius 1 is 1.35 bits per heavy atom. The first-order chi connectivity index (χ1) is 7.99. The van der Waals surface area contributed by atoms with Crippen molar-refractivity contribution in [3.63, 3.8) is 0 Å². The lowest BCUT2D eigenvalue weighted by Gasteiger charge is -2.35. The highest BCUT2D eigenvalue weighted by molar-refractivity contribution is 5.48. The van der Waals surface area contributed by atoms with Gasteiger partial charge in [0.15, 0.2) is 5.69 Å². The van der Waals surface area contributed by atoms with Gasteiger partial charge in [0, 0.05) is 6.07 Å². The van der Waals surface area contributed by atoms with Crippen molar-refractivity contribution in [2.24, 2.45) is 0 Å². The molecule has 1 aromatic rings.